The number of phenolic OH excluding ortho intramolecular Hbond substituents is 1. The predicted octanol–water partition coefficient (Wildman–Crippen LogP) is 2.95. The fourth-order valence-electron chi connectivity index (χ4n) is 2.71. The highest BCUT2D eigenvalue weighted by atomic mass is 16.5. The number of phenols is 1. The molecule has 0 fully saturated rings. The van der Waals surface area contributed by atoms with Crippen molar-refractivity contribution < 1.29 is 24.2 Å². The monoisotopic (exact) mass is 347 g/mol. The molecule has 0 bridgehead atoms. The van der Waals surface area contributed by atoms with Crippen molar-refractivity contribution >= 4 is 11.9 Å². The first-order valence-electron chi connectivity index (χ1n) is 8.55. The summed E-state index contributed by atoms with van der Waals surface area (Å²) < 4.78 is 10.1. The first-order chi connectivity index (χ1) is 12.0. The summed E-state index contributed by atoms with van der Waals surface area (Å²) in [6.07, 6.45) is 6.78. The van der Waals surface area contributed by atoms with Gasteiger partial charge in [-0.05, 0) is 51.2 Å². The second kappa shape index (κ2) is 9.11. The van der Waals surface area contributed by atoms with E-state index in [0.29, 0.717) is 12.3 Å². The Bertz CT molecular complexity index is 653. The molecule has 1 aromatic rings. The lowest BCUT2D eigenvalue weighted by Crippen LogP contribution is -2.36. The van der Waals surface area contributed by atoms with E-state index in [2.05, 4.69) is 11.4 Å². The highest BCUT2D eigenvalue weighted by molar-refractivity contribution is 5.94. The van der Waals surface area contributed by atoms with E-state index in [9.17, 15) is 14.7 Å². The van der Waals surface area contributed by atoms with Crippen LogP contribution < -0.4 is 10.1 Å². The van der Waals surface area contributed by atoms with Gasteiger partial charge in [0, 0.05) is 12.6 Å². The molecular weight excluding hydrogens is 322 g/mol. The van der Waals surface area contributed by atoms with E-state index in [1.165, 1.54) is 44.6 Å². The number of benzene rings is 1. The normalized spacial score (nSPS) is 15.0. The smallest absolute Gasteiger partial charge is 0.342 e. The van der Waals surface area contributed by atoms with Crippen LogP contribution in [-0.2, 0) is 9.53 Å². The standard InChI is InChI=1S/C19H25NO5/c1-13(18(22)20-11-10-14-6-4-3-5-7-14)25-19(23)16-9-8-15(24-2)12-17(16)21/h6,8-9,12-13,21H,3-5,7,10-11H2,1-2H3,(H,20,22)/t13-/m0/s1. The summed E-state index contributed by atoms with van der Waals surface area (Å²) in [7, 11) is 1.46. The Kier molecular flexibility index (Phi) is 6.86. The number of carbonyl (C=O) groups excluding carboxylic acids is 2. The number of aromatic hydroxyl groups is 1. The highest BCUT2D eigenvalue weighted by Gasteiger charge is 2.21. The molecule has 1 aliphatic rings. The molecule has 1 aliphatic carbocycles. The molecular formula is C19H25NO5. The summed E-state index contributed by atoms with van der Waals surface area (Å²) >= 11 is 0. The maximum absolute atomic E-state index is 12.1. The maximum Gasteiger partial charge on any atom is 0.342 e. The number of amides is 1. The van der Waals surface area contributed by atoms with Crippen molar-refractivity contribution in [3.63, 3.8) is 0 Å². The first kappa shape index (κ1) is 18.8. The van der Waals surface area contributed by atoms with Gasteiger partial charge in [0.25, 0.3) is 5.91 Å². The molecule has 1 atom stereocenters. The van der Waals surface area contributed by atoms with E-state index < -0.39 is 12.1 Å². The van der Waals surface area contributed by atoms with Gasteiger partial charge in [-0.1, -0.05) is 11.6 Å². The molecule has 1 aromatic carbocycles. The molecule has 2 N–H and O–H groups in total. The summed E-state index contributed by atoms with van der Waals surface area (Å²) in [4.78, 5) is 24.1. The second-order valence-corrected chi connectivity index (χ2v) is 6.08. The number of ether oxygens (including phenoxy) is 2. The molecule has 0 saturated carbocycles. The van der Waals surface area contributed by atoms with E-state index in [1.54, 1.807) is 6.07 Å². The zero-order chi connectivity index (χ0) is 18.2. The topological polar surface area (TPSA) is 84.9 Å². The van der Waals surface area contributed by atoms with Crippen LogP contribution in [0, 0.1) is 0 Å². The molecule has 1 amide bonds. The van der Waals surface area contributed by atoms with E-state index >= 15 is 0 Å². The summed E-state index contributed by atoms with van der Waals surface area (Å²) in [5.41, 5.74) is 1.37. The van der Waals surface area contributed by atoms with Crippen LogP contribution in [0.3, 0.4) is 0 Å². The van der Waals surface area contributed by atoms with Crippen LogP contribution in [0.2, 0.25) is 0 Å². The van der Waals surface area contributed by atoms with Gasteiger partial charge in [0.1, 0.15) is 17.1 Å². The van der Waals surface area contributed by atoms with Crippen molar-refractivity contribution in [3.8, 4) is 11.5 Å². The van der Waals surface area contributed by atoms with Crippen molar-refractivity contribution in [2.45, 2.75) is 45.1 Å². The largest absolute Gasteiger partial charge is 0.507 e. The third kappa shape index (κ3) is 5.52. The number of allylic oxidation sites excluding steroid dienone is 1. The minimum absolute atomic E-state index is 0.00666. The van der Waals surface area contributed by atoms with Crippen LogP contribution in [0.15, 0.2) is 29.8 Å². The summed E-state index contributed by atoms with van der Waals surface area (Å²) in [6, 6.07) is 4.26. The number of nitrogens with one attached hydrogen (secondary N) is 1. The van der Waals surface area contributed by atoms with Gasteiger partial charge in [-0.3, -0.25) is 4.79 Å². The van der Waals surface area contributed by atoms with Crippen molar-refractivity contribution in [2.75, 3.05) is 13.7 Å². The van der Waals surface area contributed by atoms with E-state index in [1.807, 2.05) is 0 Å². The number of hydrogen-bond donors (Lipinski definition) is 2. The van der Waals surface area contributed by atoms with Gasteiger partial charge >= 0.3 is 5.97 Å². The Morgan fingerprint density at radius 2 is 2.12 bits per heavy atom. The Morgan fingerprint density at radius 1 is 1.32 bits per heavy atom. The number of carbonyl (C=O) groups is 2. The van der Waals surface area contributed by atoms with Gasteiger partial charge in [0.05, 0.1) is 7.11 Å². The molecule has 0 aliphatic heterocycles. The Hall–Kier alpha value is -2.50. The summed E-state index contributed by atoms with van der Waals surface area (Å²) in [6.45, 7) is 2.04. The molecule has 25 heavy (non-hydrogen) atoms. The van der Waals surface area contributed by atoms with Crippen LogP contribution in [0.1, 0.15) is 49.4 Å². The van der Waals surface area contributed by atoms with Gasteiger partial charge in [-0.25, -0.2) is 4.79 Å². The number of methoxy groups -OCH3 is 1. The minimum Gasteiger partial charge on any atom is -0.507 e. The predicted molar refractivity (Wildman–Crippen MR) is 93.7 cm³/mol. The number of hydrogen-bond acceptors (Lipinski definition) is 5. The number of esters is 1. The van der Waals surface area contributed by atoms with Gasteiger partial charge in [-0.2, -0.15) is 0 Å². The molecule has 0 radical (unpaired) electrons. The quantitative estimate of drug-likeness (QED) is 0.585. The summed E-state index contributed by atoms with van der Waals surface area (Å²) in [5.74, 6) is -0.923. The van der Waals surface area contributed by atoms with Crippen molar-refractivity contribution in [3.05, 3.63) is 35.4 Å². The van der Waals surface area contributed by atoms with Crippen molar-refractivity contribution in [1.82, 2.24) is 5.32 Å². The lowest BCUT2D eigenvalue weighted by Gasteiger charge is -2.16. The van der Waals surface area contributed by atoms with Crippen LogP contribution in [0.5, 0.6) is 11.5 Å². The summed E-state index contributed by atoms with van der Waals surface area (Å²) in [5, 5.41) is 12.6. The lowest BCUT2D eigenvalue weighted by atomic mass is 9.97. The Morgan fingerprint density at radius 3 is 2.76 bits per heavy atom. The molecule has 136 valence electrons. The van der Waals surface area contributed by atoms with Gasteiger partial charge in [-0.15, -0.1) is 0 Å². The number of rotatable bonds is 7. The average molecular weight is 347 g/mol. The van der Waals surface area contributed by atoms with Gasteiger partial charge < -0.3 is 19.9 Å². The molecule has 0 heterocycles. The Balaban J connectivity index is 1.81. The molecule has 0 unspecified atom stereocenters. The average Bonchev–Trinajstić information content (AvgIpc) is 2.62. The zero-order valence-electron chi connectivity index (χ0n) is 14.7. The van der Waals surface area contributed by atoms with Gasteiger partial charge in [0.2, 0.25) is 0 Å². The molecule has 6 nitrogen and oxygen atoms in total. The van der Waals surface area contributed by atoms with Crippen molar-refractivity contribution in [1.29, 1.82) is 0 Å². The second-order valence-electron chi connectivity index (χ2n) is 6.08. The van der Waals surface area contributed by atoms with Crippen LogP contribution in [0.4, 0.5) is 0 Å². The fraction of sp³-hybridized carbons (Fsp3) is 0.474. The van der Waals surface area contributed by atoms with E-state index in [-0.39, 0.29) is 17.2 Å². The van der Waals surface area contributed by atoms with Crippen LogP contribution >= 0.6 is 0 Å². The maximum atomic E-state index is 12.1. The molecule has 0 saturated heterocycles. The van der Waals surface area contributed by atoms with Crippen LogP contribution in [0.25, 0.3) is 0 Å². The third-order valence-corrected chi connectivity index (χ3v) is 4.21. The molecule has 0 spiro atoms. The zero-order valence-corrected chi connectivity index (χ0v) is 14.7. The first-order valence-corrected chi connectivity index (χ1v) is 8.55. The van der Waals surface area contributed by atoms with Crippen LogP contribution in [-0.4, -0.2) is 36.7 Å². The molecule has 2 rings (SSSR count). The molecule has 6 heteroatoms. The SMILES string of the molecule is COc1ccc(C(=O)O[C@@H](C)C(=O)NCCC2=CCCCC2)c(O)c1. The lowest BCUT2D eigenvalue weighted by molar-refractivity contribution is -0.129. The Labute approximate surface area is 147 Å². The highest BCUT2D eigenvalue weighted by Crippen LogP contribution is 2.24. The van der Waals surface area contributed by atoms with E-state index in [0.717, 1.165) is 19.3 Å². The van der Waals surface area contributed by atoms with E-state index in [4.69, 9.17) is 9.47 Å². The third-order valence-electron chi connectivity index (χ3n) is 4.21. The minimum atomic E-state index is -0.936. The fourth-order valence-corrected chi connectivity index (χ4v) is 2.71. The van der Waals surface area contributed by atoms with Gasteiger partial charge in [0.15, 0.2) is 6.10 Å². The van der Waals surface area contributed by atoms with Crippen molar-refractivity contribution in [2.24, 2.45) is 0 Å². The molecule has 0 aromatic heterocycles.